The van der Waals surface area contributed by atoms with Crippen LogP contribution < -0.4 is 0 Å². The average molecular weight is 235 g/mol. The number of benzene rings is 1. The molecule has 17 heavy (non-hydrogen) atoms. The standard InChI is InChI=1S/C13H17NO3/c1-10(13(16)17)14(2)12(15)9-8-11-6-4-3-5-7-11/h3-7,10H,8-9H2,1-2H3,(H,16,17). The Labute approximate surface area is 101 Å². The molecule has 4 heteroatoms. The van der Waals surface area contributed by atoms with Crippen LogP contribution in [0.2, 0.25) is 0 Å². The van der Waals surface area contributed by atoms with Gasteiger partial charge in [-0.2, -0.15) is 0 Å². The molecule has 1 atom stereocenters. The lowest BCUT2D eigenvalue weighted by Crippen LogP contribution is -2.40. The minimum atomic E-state index is -0.986. The van der Waals surface area contributed by atoms with Crippen molar-refractivity contribution in [1.82, 2.24) is 4.90 Å². The number of rotatable bonds is 5. The highest BCUT2D eigenvalue weighted by atomic mass is 16.4. The summed E-state index contributed by atoms with van der Waals surface area (Å²) in [5.41, 5.74) is 1.08. The zero-order valence-electron chi connectivity index (χ0n) is 10.1. The maximum atomic E-state index is 11.7. The van der Waals surface area contributed by atoms with E-state index in [4.69, 9.17) is 5.11 Å². The molecule has 0 saturated carbocycles. The van der Waals surface area contributed by atoms with Crippen molar-refractivity contribution in [2.24, 2.45) is 0 Å². The zero-order valence-corrected chi connectivity index (χ0v) is 10.1. The molecule has 0 aliphatic carbocycles. The minimum Gasteiger partial charge on any atom is -0.480 e. The molecule has 1 amide bonds. The number of hydrogen-bond donors (Lipinski definition) is 1. The van der Waals surface area contributed by atoms with Crippen LogP contribution in [0.4, 0.5) is 0 Å². The molecule has 4 nitrogen and oxygen atoms in total. The second-order valence-electron chi connectivity index (χ2n) is 4.00. The van der Waals surface area contributed by atoms with Gasteiger partial charge in [-0.05, 0) is 18.9 Å². The summed E-state index contributed by atoms with van der Waals surface area (Å²) in [5.74, 6) is -1.13. The van der Waals surface area contributed by atoms with E-state index >= 15 is 0 Å². The molecule has 1 unspecified atom stereocenters. The van der Waals surface area contributed by atoms with E-state index in [1.165, 1.54) is 18.9 Å². The normalized spacial score (nSPS) is 11.9. The molecule has 0 aliphatic heterocycles. The lowest BCUT2D eigenvalue weighted by molar-refractivity contribution is -0.148. The number of hydrogen-bond acceptors (Lipinski definition) is 2. The van der Waals surface area contributed by atoms with Gasteiger partial charge in [0.1, 0.15) is 6.04 Å². The third-order valence-corrected chi connectivity index (χ3v) is 2.80. The van der Waals surface area contributed by atoms with Crippen molar-refractivity contribution in [1.29, 1.82) is 0 Å². The molecule has 1 aromatic rings. The lowest BCUT2D eigenvalue weighted by atomic mass is 10.1. The molecule has 1 N–H and O–H groups in total. The Kier molecular flexibility index (Phi) is 4.69. The number of carbonyl (C=O) groups is 2. The molecule has 0 fully saturated rings. The highest BCUT2D eigenvalue weighted by Gasteiger charge is 2.20. The van der Waals surface area contributed by atoms with Crippen LogP contribution in [0.3, 0.4) is 0 Å². The summed E-state index contributed by atoms with van der Waals surface area (Å²) < 4.78 is 0. The molecule has 0 spiro atoms. The third kappa shape index (κ3) is 3.90. The van der Waals surface area contributed by atoms with E-state index in [1.54, 1.807) is 0 Å². The first-order valence-electron chi connectivity index (χ1n) is 5.54. The van der Waals surface area contributed by atoms with Gasteiger partial charge in [0.15, 0.2) is 0 Å². The van der Waals surface area contributed by atoms with Gasteiger partial charge in [0.2, 0.25) is 5.91 Å². The number of amides is 1. The van der Waals surface area contributed by atoms with Crippen LogP contribution in [-0.4, -0.2) is 35.0 Å². The van der Waals surface area contributed by atoms with Gasteiger partial charge in [0.25, 0.3) is 0 Å². The van der Waals surface area contributed by atoms with Gasteiger partial charge < -0.3 is 10.0 Å². The summed E-state index contributed by atoms with van der Waals surface area (Å²) >= 11 is 0. The van der Waals surface area contributed by atoms with Crippen LogP contribution in [-0.2, 0) is 16.0 Å². The number of carbonyl (C=O) groups excluding carboxylic acids is 1. The third-order valence-electron chi connectivity index (χ3n) is 2.80. The number of carboxylic acid groups (broad SMARTS) is 1. The minimum absolute atomic E-state index is 0.149. The topological polar surface area (TPSA) is 57.6 Å². The van der Waals surface area contributed by atoms with E-state index in [9.17, 15) is 9.59 Å². The molecule has 0 saturated heterocycles. The van der Waals surface area contributed by atoms with Crippen LogP contribution in [0, 0.1) is 0 Å². The predicted molar refractivity (Wildman–Crippen MR) is 64.6 cm³/mol. The SMILES string of the molecule is CC(C(=O)O)N(C)C(=O)CCc1ccccc1. The Bertz CT molecular complexity index is 389. The molecular weight excluding hydrogens is 218 g/mol. The fraction of sp³-hybridized carbons (Fsp3) is 0.385. The first-order chi connectivity index (χ1) is 8.02. The van der Waals surface area contributed by atoms with Crippen molar-refractivity contribution in [2.45, 2.75) is 25.8 Å². The summed E-state index contributed by atoms with van der Waals surface area (Å²) in [6.45, 7) is 1.50. The van der Waals surface area contributed by atoms with Gasteiger partial charge in [-0.15, -0.1) is 0 Å². The molecule has 1 aromatic carbocycles. The Balaban J connectivity index is 2.47. The Morgan fingerprint density at radius 2 is 1.88 bits per heavy atom. The first-order valence-corrected chi connectivity index (χ1v) is 5.54. The van der Waals surface area contributed by atoms with Gasteiger partial charge in [-0.25, -0.2) is 4.79 Å². The molecule has 0 aliphatic rings. The quantitative estimate of drug-likeness (QED) is 0.842. The smallest absolute Gasteiger partial charge is 0.326 e. The second kappa shape index (κ2) is 6.03. The molecule has 0 radical (unpaired) electrons. The molecule has 92 valence electrons. The summed E-state index contributed by atoms with van der Waals surface area (Å²) in [4.78, 5) is 23.7. The molecule has 0 aromatic heterocycles. The Morgan fingerprint density at radius 3 is 2.41 bits per heavy atom. The van der Waals surface area contributed by atoms with Gasteiger partial charge >= 0.3 is 5.97 Å². The molecular formula is C13H17NO3. The Morgan fingerprint density at radius 1 is 1.29 bits per heavy atom. The number of carboxylic acids is 1. The summed E-state index contributed by atoms with van der Waals surface area (Å²) in [5, 5.41) is 8.79. The summed E-state index contributed by atoms with van der Waals surface area (Å²) in [6, 6.07) is 8.89. The number of nitrogens with zero attached hydrogens (tertiary/aromatic N) is 1. The van der Waals surface area contributed by atoms with Crippen molar-refractivity contribution < 1.29 is 14.7 Å². The molecule has 0 heterocycles. The van der Waals surface area contributed by atoms with Crippen LogP contribution in [0.15, 0.2) is 30.3 Å². The van der Waals surface area contributed by atoms with E-state index in [-0.39, 0.29) is 5.91 Å². The fourth-order valence-electron chi connectivity index (χ4n) is 1.45. The van der Waals surface area contributed by atoms with Crippen LogP contribution >= 0.6 is 0 Å². The van der Waals surface area contributed by atoms with Crippen molar-refractivity contribution in [3.63, 3.8) is 0 Å². The average Bonchev–Trinajstić information content (AvgIpc) is 2.35. The molecule has 0 bridgehead atoms. The van der Waals surface area contributed by atoms with Crippen LogP contribution in [0.25, 0.3) is 0 Å². The maximum Gasteiger partial charge on any atom is 0.326 e. The fourth-order valence-corrected chi connectivity index (χ4v) is 1.45. The van der Waals surface area contributed by atoms with E-state index in [0.717, 1.165) is 5.56 Å². The van der Waals surface area contributed by atoms with Crippen molar-refractivity contribution in [2.75, 3.05) is 7.05 Å². The second-order valence-corrected chi connectivity index (χ2v) is 4.00. The summed E-state index contributed by atoms with van der Waals surface area (Å²) in [6.07, 6.45) is 0.967. The van der Waals surface area contributed by atoms with E-state index < -0.39 is 12.0 Å². The monoisotopic (exact) mass is 235 g/mol. The van der Waals surface area contributed by atoms with Crippen molar-refractivity contribution in [3.05, 3.63) is 35.9 Å². The number of aliphatic carboxylic acids is 1. The lowest BCUT2D eigenvalue weighted by Gasteiger charge is -2.21. The van der Waals surface area contributed by atoms with Crippen LogP contribution in [0.5, 0.6) is 0 Å². The van der Waals surface area contributed by atoms with E-state index in [2.05, 4.69) is 0 Å². The van der Waals surface area contributed by atoms with E-state index in [1.807, 2.05) is 30.3 Å². The van der Waals surface area contributed by atoms with Crippen molar-refractivity contribution in [3.8, 4) is 0 Å². The van der Waals surface area contributed by atoms with E-state index in [0.29, 0.717) is 12.8 Å². The predicted octanol–water partition coefficient (Wildman–Crippen LogP) is 1.55. The van der Waals surface area contributed by atoms with Gasteiger partial charge in [0.05, 0.1) is 0 Å². The highest BCUT2D eigenvalue weighted by molar-refractivity contribution is 5.83. The maximum absolute atomic E-state index is 11.7. The summed E-state index contributed by atoms with van der Waals surface area (Å²) in [7, 11) is 1.52. The largest absolute Gasteiger partial charge is 0.480 e. The Hall–Kier alpha value is -1.84. The highest BCUT2D eigenvalue weighted by Crippen LogP contribution is 2.06. The molecule has 1 rings (SSSR count). The zero-order chi connectivity index (χ0) is 12.8. The number of likely N-dealkylation sites (N-methyl/N-ethyl adjacent to an activating group) is 1. The first kappa shape index (κ1) is 13.2. The van der Waals surface area contributed by atoms with Crippen LogP contribution in [0.1, 0.15) is 18.9 Å². The number of aryl methyl sites for hydroxylation is 1. The van der Waals surface area contributed by atoms with Crippen molar-refractivity contribution >= 4 is 11.9 Å². The van der Waals surface area contributed by atoms with Gasteiger partial charge in [-0.3, -0.25) is 4.79 Å². The van der Waals surface area contributed by atoms with Gasteiger partial charge in [0, 0.05) is 13.5 Å². The van der Waals surface area contributed by atoms with Gasteiger partial charge in [-0.1, -0.05) is 30.3 Å².